The van der Waals surface area contributed by atoms with E-state index < -0.39 is 0 Å². The standard InChI is InChI=1S/C30H36N2O4/c1-5-28(23-10-7-6-8-11-23)29(24-12-16-27(17-13-24)36-22-34-4)30(33)31-25-14-18-26(19-15-25)35-21-9-20-32(2)3/h6-8,10-19H,5,9,20-22H2,1-4H3,(H,31,33). The van der Waals surface area contributed by atoms with Gasteiger partial charge in [-0.15, -0.1) is 0 Å². The molecule has 0 fully saturated rings. The highest BCUT2D eigenvalue weighted by molar-refractivity contribution is 6.31. The molecule has 0 unspecified atom stereocenters. The second-order valence-electron chi connectivity index (χ2n) is 8.63. The van der Waals surface area contributed by atoms with Gasteiger partial charge in [0, 0.05) is 19.3 Å². The molecule has 0 aromatic heterocycles. The molecule has 0 saturated carbocycles. The van der Waals surface area contributed by atoms with E-state index in [1.165, 1.54) is 0 Å². The van der Waals surface area contributed by atoms with E-state index in [-0.39, 0.29) is 12.7 Å². The number of allylic oxidation sites excluding steroid dienone is 1. The summed E-state index contributed by atoms with van der Waals surface area (Å²) in [5.74, 6) is 1.30. The summed E-state index contributed by atoms with van der Waals surface area (Å²) in [6, 6.07) is 25.0. The van der Waals surface area contributed by atoms with Crippen LogP contribution in [0.25, 0.3) is 11.1 Å². The molecule has 0 atom stereocenters. The first kappa shape index (κ1) is 27.0. The van der Waals surface area contributed by atoms with Gasteiger partial charge in [-0.3, -0.25) is 4.79 Å². The lowest BCUT2D eigenvalue weighted by Crippen LogP contribution is -2.16. The van der Waals surface area contributed by atoms with Crippen LogP contribution in [0, 0.1) is 0 Å². The van der Waals surface area contributed by atoms with E-state index in [1.54, 1.807) is 7.11 Å². The third-order valence-corrected chi connectivity index (χ3v) is 5.62. The number of carbonyl (C=O) groups is 1. The van der Waals surface area contributed by atoms with Gasteiger partial charge in [-0.25, -0.2) is 0 Å². The summed E-state index contributed by atoms with van der Waals surface area (Å²) in [5.41, 5.74) is 4.15. The van der Waals surface area contributed by atoms with E-state index in [1.807, 2.05) is 93.0 Å². The Balaban J connectivity index is 1.83. The number of anilines is 1. The van der Waals surface area contributed by atoms with E-state index in [4.69, 9.17) is 14.2 Å². The van der Waals surface area contributed by atoms with Crippen LogP contribution in [0.3, 0.4) is 0 Å². The summed E-state index contributed by atoms with van der Waals surface area (Å²) >= 11 is 0. The maximum Gasteiger partial charge on any atom is 0.256 e. The fourth-order valence-corrected chi connectivity index (χ4v) is 3.85. The first-order valence-corrected chi connectivity index (χ1v) is 12.2. The van der Waals surface area contributed by atoms with E-state index >= 15 is 0 Å². The minimum absolute atomic E-state index is 0.166. The number of benzene rings is 3. The van der Waals surface area contributed by atoms with E-state index in [0.29, 0.717) is 30.0 Å². The normalized spacial score (nSPS) is 11.7. The van der Waals surface area contributed by atoms with Crippen LogP contribution in [-0.4, -0.2) is 52.0 Å². The Kier molecular flexibility index (Phi) is 10.5. The number of amides is 1. The van der Waals surface area contributed by atoms with Crippen molar-refractivity contribution in [3.05, 3.63) is 90.0 Å². The summed E-state index contributed by atoms with van der Waals surface area (Å²) in [5, 5.41) is 3.07. The smallest absolute Gasteiger partial charge is 0.256 e. The molecule has 36 heavy (non-hydrogen) atoms. The van der Waals surface area contributed by atoms with Crippen molar-refractivity contribution in [1.82, 2.24) is 4.90 Å². The molecular weight excluding hydrogens is 452 g/mol. The molecule has 0 aliphatic heterocycles. The molecule has 3 aromatic carbocycles. The van der Waals surface area contributed by atoms with Crippen LogP contribution in [0.1, 0.15) is 30.9 Å². The van der Waals surface area contributed by atoms with Gasteiger partial charge >= 0.3 is 0 Å². The zero-order valence-electron chi connectivity index (χ0n) is 21.6. The lowest BCUT2D eigenvalue weighted by molar-refractivity contribution is -0.111. The molecule has 6 heteroatoms. The molecule has 0 saturated heterocycles. The van der Waals surface area contributed by atoms with Crippen LogP contribution in [0.15, 0.2) is 78.9 Å². The Morgan fingerprint density at radius 3 is 2.08 bits per heavy atom. The van der Waals surface area contributed by atoms with Gasteiger partial charge in [0.2, 0.25) is 0 Å². The Morgan fingerprint density at radius 2 is 1.47 bits per heavy atom. The second-order valence-corrected chi connectivity index (χ2v) is 8.63. The van der Waals surface area contributed by atoms with Crippen LogP contribution in [0.4, 0.5) is 5.69 Å². The predicted octanol–water partition coefficient (Wildman–Crippen LogP) is 5.96. The third-order valence-electron chi connectivity index (χ3n) is 5.62. The number of carbonyl (C=O) groups excluding carboxylic acids is 1. The average molecular weight is 489 g/mol. The van der Waals surface area contributed by atoms with Crippen LogP contribution in [0.5, 0.6) is 11.5 Å². The molecule has 190 valence electrons. The number of hydrogen-bond donors (Lipinski definition) is 1. The van der Waals surface area contributed by atoms with Crippen molar-refractivity contribution in [3.63, 3.8) is 0 Å². The Morgan fingerprint density at radius 1 is 0.833 bits per heavy atom. The molecule has 0 heterocycles. The van der Waals surface area contributed by atoms with E-state index in [0.717, 1.165) is 35.4 Å². The molecular formula is C30H36N2O4. The maximum absolute atomic E-state index is 13.6. The number of nitrogens with zero attached hydrogens (tertiary/aromatic N) is 1. The van der Waals surface area contributed by atoms with Crippen molar-refractivity contribution in [2.45, 2.75) is 19.8 Å². The largest absolute Gasteiger partial charge is 0.494 e. The number of hydrogen-bond acceptors (Lipinski definition) is 5. The first-order chi connectivity index (χ1) is 17.5. The second kappa shape index (κ2) is 14.1. The zero-order valence-corrected chi connectivity index (χ0v) is 21.6. The predicted molar refractivity (Wildman–Crippen MR) is 146 cm³/mol. The summed E-state index contributed by atoms with van der Waals surface area (Å²) < 4.78 is 16.3. The molecule has 0 spiro atoms. The molecule has 3 aromatic rings. The summed E-state index contributed by atoms with van der Waals surface area (Å²) in [7, 11) is 5.67. The molecule has 0 bridgehead atoms. The van der Waals surface area contributed by atoms with Crippen LogP contribution in [-0.2, 0) is 9.53 Å². The Bertz CT molecular complexity index is 1110. The number of methoxy groups -OCH3 is 1. The molecule has 3 rings (SSSR count). The fourth-order valence-electron chi connectivity index (χ4n) is 3.85. The first-order valence-electron chi connectivity index (χ1n) is 12.2. The molecule has 0 aliphatic rings. The quantitative estimate of drug-likeness (QED) is 0.139. The molecule has 1 N–H and O–H groups in total. The Hall–Kier alpha value is -3.61. The molecule has 0 aliphatic carbocycles. The van der Waals surface area contributed by atoms with Crippen molar-refractivity contribution in [3.8, 4) is 11.5 Å². The van der Waals surface area contributed by atoms with Gasteiger partial charge in [0.25, 0.3) is 5.91 Å². The van der Waals surface area contributed by atoms with Crippen molar-refractivity contribution >= 4 is 22.7 Å². The maximum atomic E-state index is 13.6. The average Bonchev–Trinajstić information content (AvgIpc) is 2.90. The summed E-state index contributed by atoms with van der Waals surface area (Å²) in [6.07, 6.45) is 1.66. The topological polar surface area (TPSA) is 60.0 Å². The van der Waals surface area contributed by atoms with Crippen LogP contribution in [0.2, 0.25) is 0 Å². The van der Waals surface area contributed by atoms with Gasteiger partial charge in [-0.2, -0.15) is 0 Å². The van der Waals surface area contributed by atoms with E-state index in [2.05, 4.69) is 17.1 Å². The summed E-state index contributed by atoms with van der Waals surface area (Å²) in [4.78, 5) is 15.8. The molecule has 1 amide bonds. The SMILES string of the molecule is CCC(=C(C(=O)Nc1ccc(OCCCN(C)C)cc1)c1ccc(OCOC)cc1)c1ccccc1. The Labute approximate surface area is 214 Å². The highest BCUT2D eigenvalue weighted by Gasteiger charge is 2.19. The number of ether oxygens (including phenoxy) is 3. The lowest BCUT2D eigenvalue weighted by atomic mass is 9.92. The van der Waals surface area contributed by atoms with Crippen molar-refractivity contribution in [2.75, 3.05) is 46.5 Å². The molecule has 6 nitrogen and oxygen atoms in total. The van der Waals surface area contributed by atoms with Gasteiger partial charge in [-0.1, -0.05) is 49.4 Å². The van der Waals surface area contributed by atoms with Crippen LogP contribution < -0.4 is 14.8 Å². The third kappa shape index (κ3) is 7.97. The highest BCUT2D eigenvalue weighted by Crippen LogP contribution is 2.31. The van der Waals surface area contributed by atoms with Crippen molar-refractivity contribution < 1.29 is 19.0 Å². The fraction of sp³-hybridized carbons (Fsp3) is 0.300. The molecule has 0 radical (unpaired) electrons. The minimum Gasteiger partial charge on any atom is -0.494 e. The highest BCUT2D eigenvalue weighted by atomic mass is 16.7. The number of nitrogens with one attached hydrogen (secondary N) is 1. The van der Waals surface area contributed by atoms with Crippen molar-refractivity contribution in [1.29, 1.82) is 0 Å². The van der Waals surface area contributed by atoms with E-state index in [9.17, 15) is 4.79 Å². The monoisotopic (exact) mass is 488 g/mol. The van der Waals surface area contributed by atoms with Gasteiger partial charge in [0.15, 0.2) is 6.79 Å². The zero-order chi connectivity index (χ0) is 25.8. The van der Waals surface area contributed by atoms with Gasteiger partial charge in [-0.05, 0) is 80.0 Å². The van der Waals surface area contributed by atoms with Crippen LogP contribution >= 0.6 is 0 Å². The van der Waals surface area contributed by atoms with Gasteiger partial charge in [0.1, 0.15) is 11.5 Å². The van der Waals surface area contributed by atoms with Gasteiger partial charge in [0.05, 0.1) is 12.2 Å². The number of rotatable bonds is 13. The van der Waals surface area contributed by atoms with Crippen molar-refractivity contribution in [2.24, 2.45) is 0 Å². The lowest BCUT2D eigenvalue weighted by Gasteiger charge is -2.16. The summed E-state index contributed by atoms with van der Waals surface area (Å²) in [6.45, 7) is 3.86. The minimum atomic E-state index is -0.166. The van der Waals surface area contributed by atoms with Gasteiger partial charge < -0.3 is 24.4 Å².